The number of hydrogen-bond donors (Lipinski definition) is 2. The second-order valence-electron chi connectivity index (χ2n) is 4.30. The summed E-state index contributed by atoms with van der Waals surface area (Å²) in [5, 5.41) is 19.9. The first-order valence-electron chi connectivity index (χ1n) is 6.16. The summed E-state index contributed by atoms with van der Waals surface area (Å²) in [5.74, 6) is -1.33. The highest BCUT2D eigenvalue weighted by molar-refractivity contribution is 6.30. The maximum atomic E-state index is 11.2. The van der Waals surface area contributed by atoms with Crippen molar-refractivity contribution in [1.82, 2.24) is 20.3 Å². The minimum absolute atomic E-state index is 0.139. The number of nitrogens with zero attached hydrogens (tertiary/aromatic N) is 3. The minimum atomic E-state index is -1.16. The van der Waals surface area contributed by atoms with E-state index in [2.05, 4.69) is 15.6 Å². The number of carbonyl (C=O) groups excluding carboxylic acids is 1. The van der Waals surface area contributed by atoms with E-state index in [-0.39, 0.29) is 11.6 Å². The van der Waals surface area contributed by atoms with Crippen molar-refractivity contribution in [2.45, 2.75) is 13.5 Å². The maximum absolute atomic E-state index is 11.2. The molecule has 21 heavy (non-hydrogen) atoms. The van der Waals surface area contributed by atoms with Crippen molar-refractivity contribution in [3.8, 4) is 11.3 Å². The Kier molecular flexibility index (Phi) is 4.54. The minimum Gasteiger partial charge on any atom is -0.476 e. The van der Waals surface area contributed by atoms with Crippen LogP contribution < -0.4 is 5.32 Å². The molecule has 0 saturated heterocycles. The second kappa shape index (κ2) is 6.36. The van der Waals surface area contributed by atoms with Crippen LogP contribution in [0.2, 0.25) is 5.02 Å². The smallest absolute Gasteiger partial charge is 0.358 e. The highest BCUT2D eigenvalue weighted by atomic mass is 35.5. The average molecular weight is 309 g/mol. The largest absolute Gasteiger partial charge is 0.476 e. The first-order chi connectivity index (χ1) is 9.99. The zero-order valence-electron chi connectivity index (χ0n) is 11.2. The van der Waals surface area contributed by atoms with E-state index < -0.39 is 5.97 Å². The number of carboxylic acid groups (broad SMARTS) is 1. The maximum Gasteiger partial charge on any atom is 0.358 e. The van der Waals surface area contributed by atoms with Gasteiger partial charge in [-0.1, -0.05) is 28.9 Å². The van der Waals surface area contributed by atoms with Crippen LogP contribution in [0.3, 0.4) is 0 Å². The summed E-state index contributed by atoms with van der Waals surface area (Å²) in [7, 11) is 0. The van der Waals surface area contributed by atoms with Gasteiger partial charge in [0.15, 0.2) is 5.69 Å². The first kappa shape index (κ1) is 15.0. The zero-order chi connectivity index (χ0) is 15.4. The van der Waals surface area contributed by atoms with Gasteiger partial charge >= 0.3 is 5.97 Å². The molecule has 1 aromatic heterocycles. The molecule has 110 valence electrons. The summed E-state index contributed by atoms with van der Waals surface area (Å²) in [6.45, 7) is 2.06. The van der Waals surface area contributed by atoms with Crippen molar-refractivity contribution < 1.29 is 14.7 Å². The average Bonchev–Trinajstić information content (AvgIpc) is 2.83. The van der Waals surface area contributed by atoms with Crippen LogP contribution in [-0.2, 0) is 11.3 Å². The van der Waals surface area contributed by atoms with Crippen LogP contribution in [0.1, 0.15) is 17.4 Å². The Morgan fingerprint density at radius 2 is 2.00 bits per heavy atom. The van der Waals surface area contributed by atoms with Crippen molar-refractivity contribution in [1.29, 1.82) is 0 Å². The lowest BCUT2D eigenvalue weighted by molar-refractivity contribution is -0.119. The molecule has 0 aliphatic rings. The number of rotatable bonds is 5. The second-order valence-corrected chi connectivity index (χ2v) is 4.74. The van der Waals surface area contributed by atoms with Crippen LogP contribution in [0.5, 0.6) is 0 Å². The van der Waals surface area contributed by atoms with Crippen molar-refractivity contribution in [2.24, 2.45) is 0 Å². The third-order valence-electron chi connectivity index (χ3n) is 2.75. The van der Waals surface area contributed by atoms with Crippen LogP contribution in [0.15, 0.2) is 24.3 Å². The highest BCUT2D eigenvalue weighted by Gasteiger charge is 2.20. The zero-order valence-corrected chi connectivity index (χ0v) is 12.0. The van der Waals surface area contributed by atoms with Gasteiger partial charge in [-0.15, -0.1) is 5.10 Å². The van der Waals surface area contributed by atoms with Gasteiger partial charge in [-0.25, -0.2) is 9.48 Å². The van der Waals surface area contributed by atoms with Gasteiger partial charge in [-0.05, 0) is 12.1 Å². The summed E-state index contributed by atoms with van der Waals surface area (Å²) >= 11 is 5.83. The fraction of sp³-hybridized carbons (Fsp3) is 0.231. The SMILES string of the molecule is CC(=O)NCCn1nnc(C(=O)O)c1-c1ccc(Cl)cc1. The molecule has 8 heteroatoms. The highest BCUT2D eigenvalue weighted by Crippen LogP contribution is 2.24. The van der Waals surface area contributed by atoms with Gasteiger partial charge in [0.2, 0.25) is 5.91 Å². The summed E-state index contributed by atoms with van der Waals surface area (Å²) in [6.07, 6.45) is 0. The Balaban J connectivity index is 2.35. The van der Waals surface area contributed by atoms with Crippen LogP contribution in [0, 0.1) is 0 Å². The van der Waals surface area contributed by atoms with E-state index in [0.717, 1.165) is 0 Å². The monoisotopic (exact) mass is 308 g/mol. The first-order valence-corrected chi connectivity index (χ1v) is 6.54. The molecule has 0 aliphatic carbocycles. The van der Waals surface area contributed by atoms with Gasteiger partial charge < -0.3 is 10.4 Å². The number of amides is 1. The van der Waals surface area contributed by atoms with E-state index in [0.29, 0.717) is 29.4 Å². The van der Waals surface area contributed by atoms with E-state index in [1.807, 2.05) is 0 Å². The van der Waals surface area contributed by atoms with E-state index in [4.69, 9.17) is 11.6 Å². The summed E-state index contributed by atoms with van der Waals surface area (Å²) in [5.41, 5.74) is 0.884. The van der Waals surface area contributed by atoms with Gasteiger partial charge in [0.05, 0.1) is 6.54 Å². The summed E-state index contributed by atoms with van der Waals surface area (Å²) in [4.78, 5) is 22.1. The lowest BCUT2D eigenvalue weighted by Gasteiger charge is -2.08. The molecule has 2 N–H and O–H groups in total. The molecule has 1 heterocycles. The molecule has 0 fully saturated rings. The fourth-order valence-electron chi connectivity index (χ4n) is 1.84. The predicted molar refractivity (Wildman–Crippen MR) is 76.1 cm³/mol. The Bertz CT molecular complexity index is 667. The van der Waals surface area contributed by atoms with Crippen LogP contribution in [0.4, 0.5) is 0 Å². The third-order valence-corrected chi connectivity index (χ3v) is 3.00. The van der Waals surface area contributed by atoms with E-state index in [9.17, 15) is 14.7 Å². The molecule has 0 unspecified atom stereocenters. The van der Waals surface area contributed by atoms with Crippen molar-refractivity contribution in [3.63, 3.8) is 0 Å². The number of halogens is 1. The molecule has 0 bridgehead atoms. The molecule has 2 aromatic rings. The normalized spacial score (nSPS) is 10.4. The standard InChI is InChI=1S/C13H13ClN4O3/c1-8(19)15-6-7-18-12(11(13(20)21)16-17-18)9-2-4-10(14)5-3-9/h2-5H,6-7H2,1H3,(H,15,19)(H,20,21). The molecule has 0 aliphatic heterocycles. The Hall–Kier alpha value is -2.41. The molecule has 1 aromatic carbocycles. The number of nitrogens with one attached hydrogen (secondary N) is 1. The molecule has 0 atom stereocenters. The van der Waals surface area contributed by atoms with E-state index >= 15 is 0 Å². The van der Waals surface area contributed by atoms with Gasteiger partial charge in [0.1, 0.15) is 5.69 Å². The van der Waals surface area contributed by atoms with Gasteiger partial charge in [-0.2, -0.15) is 0 Å². The topological polar surface area (TPSA) is 97.1 Å². The van der Waals surface area contributed by atoms with Gasteiger partial charge in [0, 0.05) is 24.1 Å². The van der Waals surface area contributed by atoms with Crippen LogP contribution in [-0.4, -0.2) is 38.5 Å². The Morgan fingerprint density at radius 1 is 1.33 bits per heavy atom. The quantitative estimate of drug-likeness (QED) is 0.871. The van der Waals surface area contributed by atoms with Gasteiger partial charge in [0.25, 0.3) is 0 Å². The van der Waals surface area contributed by atoms with E-state index in [1.54, 1.807) is 24.3 Å². The van der Waals surface area contributed by atoms with Crippen molar-refractivity contribution >= 4 is 23.5 Å². The van der Waals surface area contributed by atoms with E-state index in [1.165, 1.54) is 11.6 Å². The number of aromatic nitrogens is 3. The Morgan fingerprint density at radius 3 is 2.57 bits per heavy atom. The molecule has 2 rings (SSSR count). The fourth-order valence-corrected chi connectivity index (χ4v) is 1.97. The molecular formula is C13H13ClN4O3. The number of carboxylic acids is 1. The lowest BCUT2D eigenvalue weighted by atomic mass is 10.1. The van der Waals surface area contributed by atoms with Crippen LogP contribution >= 0.6 is 11.6 Å². The molecule has 0 saturated carbocycles. The molecule has 7 nitrogen and oxygen atoms in total. The lowest BCUT2D eigenvalue weighted by Crippen LogP contribution is -2.25. The molecule has 0 radical (unpaired) electrons. The van der Waals surface area contributed by atoms with Gasteiger partial charge in [-0.3, -0.25) is 4.79 Å². The van der Waals surface area contributed by atoms with Crippen LogP contribution in [0.25, 0.3) is 11.3 Å². The van der Waals surface area contributed by atoms with Crippen molar-refractivity contribution in [3.05, 3.63) is 35.0 Å². The predicted octanol–water partition coefficient (Wildman–Crippen LogP) is 1.43. The summed E-state index contributed by atoms with van der Waals surface area (Å²) in [6, 6.07) is 6.71. The molecular weight excluding hydrogens is 296 g/mol. The number of carbonyl (C=O) groups is 2. The Labute approximate surface area is 125 Å². The number of benzene rings is 1. The number of aromatic carboxylic acids is 1. The number of hydrogen-bond acceptors (Lipinski definition) is 4. The third kappa shape index (κ3) is 3.57. The van der Waals surface area contributed by atoms with Crippen molar-refractivity contribution in [2.75, 3.05) is 6.54 Å². The molecule has 1 amide bonds. The summed E-state index contributed by atoms with van der Waals surface area (Å²) < 4.78 is 1.45. The molecule has 0 spiro atoms.